The van der Waals surface area contributed by atoms with Crippen LogP contribution in [0.15, 0.2) is 48.5 Å². The van der Waals surface area contributed by atoms with Gasteiger partial charge >= 0.3 is 0 Å². The lowest BCUT2D eigenvalue weighted by Crippen LogP contribution is -2.51. The van der Waals surface area contributed by atoms with Crippen LogP contribution in [0.2, 0.25) is 5.02 Å². The molecule has 0 unspecified atom stereocenters. The molecule has 3 rings (SSSR count). The average Bonchev–Trinajstić information content (AvgIpc) is 3.28. The molecule has 1 fully saturated rings. The second-order valence-electron chi connectivity index (χ2n) is 8.06. The molecule has 1 atom stereocenters. The average molecular weight is 443 g/mol. The van der Waals surface area contributed by atoms with Gasteiger partial charge in [0.2, 0.25) is 11.8 Å². The molecule has 2 amide bonds. The van der Waals surface area contributed by atoms with Crippen molar-refractivity contribution in [3.63, 3.8) is 0 Å². The molecule has 0 aliphatic heterocycles. The van der Waals surface area contributed by atoms with E-state index in [1.807, 2.05) is 49.4 Å². The van der Waals surface area contributed by atoms with Gasteiger partial charge in [-0.1, -0.05) is 61.7 Å². The predicted molar refractivity (Wildman–Crippen MR) is 123 cm³/mol. The predicted octanol–water partition coefficient (Wildman–Crippen LogP) is 4.76. The van der Waals surface area contributed by atoms with Gasteiger partial charge < -0.3 is 15.0 Å². The van der Waals surface area contributed by atoms with Crippen molar-refractivity contribution in [3.05, 3.63) is 64.7 Å². The number of rotatable bonds is 9. The molecule has 0 spiro atoms. The topological polar surface area (TPSA) is 58.6 Å². The third kappa shape index (κ3) is 6.23. The van der Waals surface area contributed by atoms with Gasteiger partial charge in [0.05, 0.1) is 13.5 Å². The summed E-state index contributed by atoms with van der Waals surface area (Å²) in [5, 5.41) is 3.72. The fourth-order valence-corrected chi connectivity index (χ4v) is 4.36. The molecule has 1 saturated carbocycles. The van der Waals surface area contributed by atoms with Crippen LogP contribution >= 0.6 is 11.6 Å². The Morgan fingerprint density at radius 3 is 2.58 bits per heavy atom. The maximum absolute atomic E-state index is 13.4. The van der Waals surface area contributed by atoms with E-state index in [1.54, 1.807) is 18.1 Å². The monoisotopic (exact) mass is 442 g/mol. The number of carbonyl (C=O) groups is 2. The third-order valence-electron chi connectivity index (χ3n) is 5.87. The Morgan fingerprint density at radius 1 is 1.16 bits per heavy atom. The summed E-state index contributed by atoms with van der Waals surface area (Å²) in [5.74, 6) is 0.522. The van der Waals surface area contributed by atoms with Gasteiger partial charge in [0.1, 0.15) is 11.8 Å². The smallest absolute Gasteiger partial charge is 0.243 e. The number of nitrogens with zero attached hydrogens (tertiary/aromatic N) is 1. The Balaban J connectivity index is 1.84. The number of carbonyl (C=O) groups excluding carboxylic acids is 2. The zero-order chi connectivity index (χ0) is 22.2. The van der Waals surface area contributed by atoms with Crippen molar-refractivity contribution in [2.45, 2.75) is 64.1 Å². The van der Waals surface area contributed by atoms with Crippen molar-refractivity contribution >= 4 is 23.4 Å². The maximum Gasteiger partial charge on any atom is 0.243 e. The summed E-state index contributed by atoms with van der Waals surface area (Å²) in [6, 6.07) is 14.6. The maximum atomic E-state index is 13.4. The molecule has 6 heteroatoms. The quantitative estimate of drug-likeness (QED) is 0.609. The highest BCUT2D eigenvalue weighted by Gasteiger charge is 2.30. The van der Waals surface area contributed by atoms with Crippen LogP contribution < -0.4 is 10.1 Å². The fourth-order valence-electron chi connectivity index (χ4n) is 4.16. The van der Waals surface area contributed by atoms with Crippen LogP contribution in [0.4, 0.5) is 0 Å². The molecule has 1 aliphatic carbocycles. The number of benzene rings is 2. The molecule has 31 heavy (non-hydrogen) atoms. The second kappa shape index (κ2) is 11.2. The van der Waals surface area contributed by atoms with Crippen LogP contribution in [0.5, 0.6) is 5.75 Å². The Hall–Kier alpha value is -2.53. The number of hydrogen-bond donors (Lipinski definition) is 1. The Morgan fingerprint density at radius 2 is 1.90 bits per heavy atom. The van der Waals surface area contributed by atoms with Crippen LogP contribution in [0.1, 0.15) is 50.2 Å². The van der Waals surface area contributed by atoms with Gasteiger partial charge in [-0.2, -0.15) is 0 Å². The van der Waals surface area contributed by atoms with Crippen molar-refractivity contribution in [1.29, 1.82) is 0 Å². The van der Waals surface area contributed by atoms with Gasteiger partial charge in [-0.15, -0.1) is 0 Å². The highest BCUT2D eigenvalue weighted by atomic mass is 35.5. The van der Waals surface area contributed by atoms with Crippen molar-refractivity contribution < 1.29 is 14.3 Å². The first kappa shape index (κ1) is 23.1. The summed E-state index contributed by atoms with van der Waals surface area (Å²) in [6.07, 6.45) is 4.98. The van der Waals surface area contributed by atoms with Crippen LogP contribution in [0.25, 0.3) is 0 Å². The van der Waals surface area contributed by atoms with Gasteiger partial charge in [-0.3, -0.25) is 9.59 Å². The number of halogens is 1. The van der Waals surface area contributed by atoms with Gasteiger partial charge in [-0.05, 0) is 48.6 Å². The molecule has 0 aromatic heterocycles. The number of ether oxygens (including phenoxy) is 1. The van der Waals surface area contributed by atoms with Gasteiger partial charge in [0.25, 0.3) is 0 Å². The highest BCUT2D eigenvalue weighted by molar-refractivity contribution is 6.31. The van der Waals surface area contributed by atoms with E-state index >= 15 is 0 Å². The lowest BCUT2D eigenvalue weighted by atomic mass is 10.1. The fraction of sp³-hybridized carbons (Fsp3) is 0.440. The van der Waals surface area contributed by atoms with Gasteiger partial charge in [-0.25, -0.2) is 0 Å². The standard InChI is InChI=1S/C25H31ClN2O3/c1-3-23(25(30)27-20-11-5-6-12-20)28(17-18-9-8-13-21(15-18)31-2)24(29)16-19-10-4-7-14-22(19)26/h4,7-10,13-15,20,23H,3,5-6,11-12,16-17H2,1-2H3,(H,27,30)/t23-/m1/s1. The molecule has 5 nitrogen and oxygen atoms in total. The molecule has 2 aromatic rings. The van der Waals surface area contributed by atoms with Crippen molar-refractivity contribution in [2.75, 3.05) is 7.11 Å². The minimum absolute atomic E-state index is 0.0789. The lowest BCUT2D eigenvalue weighted by Gasteiger charge is -2.31. The van der Waals surface area contributed by atoms with Crippen LogP contribution in [0, 0.1) is 0 Å². The van der Waals surface area contributed by atoms with E-state index < -0.39 is 6.04 Å². The minimum atomic E-state index is -0.540. The van der Waals surface area contributed by atoms with Gasteiger partial charge in [0.15, 0.2) is 0 Å². The van der Waals surface area contributed by atoms with E-state index in [1.165, 1.54) is 0 Å². The van der Waals surface area contributed by atoms with E-state index in [-0.39, 0.29) is 24.3 Å². The molecule has 166 valence electrons. The lowest BCUT2D eigenvalue weighted by molar-refractivity contribution is -0.141. The summed E-state index contributed by atoms with van der Waals surface area (Å²) in [4.78, 5) is 28.3. The van der Waals surface area contributed by atoms with Crippen molar-refractivity contribution in [2.24, 2.45) is 0 Å². The Bertz CT molecular complexity index is 896. The first-order valence-corrected chi connectivity index (χ1v) is 11.4. The van der Waals surface area contributed by atoms with E-state index in [0.29, 0.717) is 18.0 Å². The largest absolute Gasteiger partial charge is 0.497 e. The van der Waals surface area contributed by atoms with E-state index in [2.05, 4.69) is 5.32 Å². The molecule has 2 aromatic carbocycles. The number of nitrogens with one attached hydrogen (secondary N) is 1. The number of methoxy groups -OCH3 is 1. The third-order valence-corrected chi connectivity index (χ3v) is 6.24. The Kier molecular flexibility index (Phi) is 8.35. The zero-order valence-electron chi connectivity index (χ0n) is 18.3. The number of amides is 2. The minimum Gasteiger partial charge on any atom is -0.497 e. The van der Waals surface area contributed by atoms with Gasteiger partial charge in [0, 0.05) is 17.6 Å². The van der Waals surface area contributed by atoms with Crippen LogP contribution in [0.3, 0.4) is 0 Å². The van der Waals surface area contributed by atoms with Crippen molar-refractivity contribution in [3.8, 4) is 5.75 Å². The van der Waals surface area contributed by atoms with E-state index in [4.69, 9.17) is 16.3 Å². The summed E-state index contributed by atoms with van der Waals surface area (Å²) in [6.45, 7) is 2.28. The molecule has 0 bridgehead atoms. The SMILES string of the molecule is CC[C@H](C(=O)NC1CCCC1)N(Cc1cccc(OC)c1)C(=O)Cc1ccccc1Cl. The molecule has 1 N–H and O–H groups in total. The van der Waals surface area contributed by atoms with Crippen molar-refractivity contribution in [1.82, 2.24) is 10.2 Å². The molecule has 0 radical (unpaired) electrons. The molecule has 0 saturated heterocycles. The Labute approximate surface area is 189 Å². The van der Waals surface area contributed by atoms with E-state index in [9.17, 15) is 9.59 Å². The molecular formula is C25H31ClN2O3. The highest BCUT2D eigenvalue weighted by Crippen LogP contribution is 2.22. The summed E-state index contributed by atoms with van der Waals surface area (Å²) in [5.41, 5.74) is 1.68. The molecule has 1 aliphatic rings. The normalized spacial score (nSPS) is 14.8. The second-order valence-corrected chi connectivity index (χ2v) is 8.46. The number of hydrogen-bond acceptors (Lipinski definition) is 3. The first-order chi connectivity index (χ1) is 15.0. The molecule has 0 heterocycles. The summed E-state index contributed by atoms with van der Waals surface area (Å²) >= 11 is 6.30. The summed E-state index contributed by atoms with van der Waals surface area (Å²) in [7, 11) is 1.61. The van der Waals surface area contributed by atoms with Crippen LogP contribution in [-0.2, 0) is 22.6 Å². The first-order valence-electron chi connectivity index (χ1n) is 11.0. The molecular weight excluding hydrogens is 412 g/mol. The van der Waals surface area contributed by atoms with Crippen LogP contribution in [-0.4, -0.2) is 35.9 Å². The summed E-state index contributed by atoms with van der Waals surface area (Å²) < 4.78 is 5.33. The van der Waals surface area contributed by atoms with E-state index in [0.717, 1.165) is 42.6 Å². The zero-order valence-corrected chi connectivity index (χ0v) is 19.0.